The molecule has 3 aromatic rings. The number of fused-ring (bicyclic) bond motifs is 3. The van der Waals surface area contributed by atoms with Gasteiger partial charge < -0.3 is 14.2 Å². The van der Waals surface area contributed by atoms with Crippen molar-refractivity contribution < 1.29 is 9.53 Å². The number of rotatable bonds is 5. The van der Waals surface area contributed by atoms with E-state index in [9.17, 15) is 4.79 Å². The van der Waals surface area contributed by atoms with E-state index in [0.29, 0.717) is 0 Å². The van der Waals surface area contributed by atoms with Gasteiger partial charge in [-0.15, -0.1) is 0 Å². The lowest BCUT2D eigenvalue weighted by molar-refractivity contribution is -0.150. The first-order valence-electron chi connectivity index (χ1n) is 11.0. The third-order valence-corrected chi connectivity index (χ3v) is 5.82. The smallest absolute Gasteiger partial charge is 0.337 e. The summed E-state index contributed by atoms with van der Waals surface area (Å²) in [5.74, 6) is -0.231. The standard InChI is InChI=1S/C27H32N2O2/c1-18-23(26(30)31-27(2,3)4)24(19-12-8-7-9-13-19)25-21(16-17-28(5)6)20-14-10-11-15-22(20)29(18)25/h7-15,18H,16-17H2,1-6H3. The molecule has 0 saturated carbocycles. The molecule has 1 atom stereocenters. The predicted octanol–water partition coefficient (Wildman–Crippen LogP) is 5.46. The normalized spacial score (nSPS) is 16.3. The maximum atomic E-state index is 13.4. The molecule has 162 valence electrons. The van der Waals surface area contributed by atoms with Crippen molar-refractivity contribution in [3.63, 3.8) is 0 Å². The number of carbonyl (C=O) groups is 1. The lowest BCUT2D eigenvalue weighted by Gasteiger charge is -2.22. The minimum Gasteiger partial charge on any atom is -0.457 e. The van der Waals surface area contributed by atoms with E-state index in [4.69, 9.17) is 4.74 Å². The Morgan fingerprint density at radius 3 is 2.32 bits per heavy atom. The summed E-state index contributed by atoms with van der Waals surface area (Å²) in [7, 11) is 4.20. The summed E-state index contributed by atoms with van der Waals surface area (Å²) in [6.07, 6.45) is 0.917. The summed E-state index contributed by atoms with van der Waals surface area (Å²) in [4.78, 5) is 15.6. The molecule has 31 heavy (non-hydrogen) atoms. The molecule has 2 heterocycles. The molecule has 1 aromatic heterocycles. The molecule has 2 aromatic carbocycles. The second-order valence-electron chi connectivity index (χ2n) is 9.60. The third kappa shape index (κ3) is 3.92. The van der Waals surface area contributed by atoms with Gasteiger partial charge in [-0.05, 0) is 65.4 Å². The Kier molecular flexibility index (Phi) is 5.52. The number of para-hydroxylation sites is 1. The first-order chi connectivity index (χ1) is 14.7. The Bertz CT molecular complexity index is 1150. The fourth-order valence-corrected chi connectivity index (χ4v) is 4.56. The van der Waals surface area contributed by atoms with Gasteiger partial charge in [0.15, 0.2) is 0 Å². The van der Waals surface area contributed by atoms with Crippen LogP contribution in [0.25, 0.3) is 16.5 Å². The number of aromatic nitrogens is 1. The highest BCUT2D eigenvalue weighted by Gasteiger charge is 2.38. The fourth-order valence-electron chi connectivity index (χ4n) is 4.56. The van der Waals surface area contributed by atoms with Gasteiger partial charge in [0, 0.05) is 23.0 Å². The van der Waals surface area contributed by atoms with Gasteiger partial charge in [-0.1, -0.05) is 48.5 Å². The number of nitrogens with zero attached hydrogens (tertiary/aromatic N) is 2. The first-order valence-corrected chi connectivity index (χ1v) is 11.0. The van der Waals surface area contributed by atoms with Crippen LogP contribution in [0.5, 0.6) is 0 Å². The Balaban J connectivity index is 2.00. The maximum absolute atomic E-state index is 13.4. The van der Waals surface area contributed by atoms with E-state index in [1.165, 1.54) is 16.5 Å². The Hall–Kier alpha value is -2.85. The SMILES string of the molecule is CC1C(C(=O)OC(C)(C)C)=C(c2ccccc2)c2c(CCN(C)C)c3ccccc3n21. The second-order valence-corrected chi connectivity index (χ2v) is 9.60. The number of benzene rings is 2. The Labute approximate surface area is 185 Å². The number of esters is 1. The van der Waals surface area contributed by atoms with Gasteiger partial charge >= 0.3 is 5.97 Å². The van der Waals surface area contributed by atoms with Crippen LogP contribution in [0.1, 0.15) is 50.6 Å². The second kappa shape index (κ2) is 8.01. The molecule has 4 rings (SSSR count). The summed E-state index contributed by atoms with van der Waals surface area (Å²) < 4.78 is 8.21. The van der Waals surface area contributed by atoms with Crippen molar-refractivity contribution in [1.29, 1.82) is 0 Å². The van der Waals surface area contributed by atoms with Gasteiger partial charge in [0.1, 0.15) is 5.60 Å². The van der Waals surface area contributed by atoms with Crippen LogP contribution in [0.2, 0.25) is 0 Å². The summed E-state index contributed by atoms with van der Waals surface area (Å²) in [6.45, 7) is 8.82. The topological polar surface area (TPSA) is 34.5 Å². The van der Waals surface area contributed by atoms with E-state index < -0.39 is 5.60 Å². The zero-order valence-electron chi connectivity index (χ0n) is 19.4. The minimum absolute atomic E-state index is 0.0990. The van der Waals surface area contributed by atoms with Crippen molar-refractivity contribution in [3.8, 4) is 0 Å². The molecule has 0 aliphatic carbocycles. The van der Waals surface area contributed by atoms with E-state index in [-0.39, 0.29) is 12.0 Å². The predicted molar refractivity (Wildman–Crippen MR) is 127 cm³/mol. The zero-order chi connectivity index (χ0) is 22.3. The molecule has 0 radical (unpaired) electrons. The molecule has 0 fully saturated rings. The highest BCUT2D eigenvalue weighted by Crippen LogP contribution is 2.47. The van der Waals surface area contributed by atoms with Gasteiger partial charge in [-0.3, -0.25) is 0 Å². The van der Waals surface area contributed by atoms with Crippen molar-refractivity contribution >= 4 is 22.4 Å². The molecule has 4 heteroatoms. The van der Waals surface area contributed by atoms with Crippen molar-refractivity contribution in [1.82, 2.24) is 9.47 Å². The van der Waals surface area contributed by atoms with Crippen molar-refractivity contribution in [2.24, 2.45) is 0 Å². The maximum Gasteiger partial charge on any atom is 0.337 e. The number of hydrogen-bond acceptors (Lipinski definition) is 3. The van der Waals surface area contributed by atoms with Crippen LogP contribution in [0.15, 0.2) is 60.2 Å². The molecule has 0 saturated heterocycles. The van der Waals surface area contributed by atoms with Crippen LogP contribution in [0.3, 0.4) is 0 Å². The summed E-state index contributed by atoms with van der Waals surface area (Å²) in [5.41, 5.74) is 5.89. The Morgan fingerprint density at radius 2 is 1.68 bits per heavy atom. The van der Waals surface area contributed by atoms with Gasteiger partial charge in [0.2, 0.25) is 0 Å². The monoisotopic (exact) mass is 416 g/mol. The Morgan fingerprint density at radius 1 is 1.03 bits per heavy atom. The van der Waals surface area contributed by atoms with Crippen molar-refractivity contribution in [2.75, 3.05) is 20.6 Å². The van der Waals surface area contributed by atoms with Gasteiger partial charge in [0.25, 0.3) is 0 Å². The third-order valence-electron chi connectivity index (χ3n) is 5.82. The van der Waals surface area contributed by atoms with Gasteiger partial charge in [-0.25, -0.2) is 4.79 Å². The highest BCUT2D eigenvalue weighted by atomic mass is 16.6. The number of hydrogen-bond donors (Lipinski definition) is 0. The summed E-state index contributed by atoms with van der Waals surface area (Å²) in [6, 6.07) is 18.7. The molecule has 0 bridgehead atoms. The molecule has 0 N–H and O–H groups in total. The summed E-state index contributed by atoms with van der Waals surface area (Å²) in [5, 5.41) is 1.27. The van der Waals surface area contributed by atoms with Gasteiger partial charge in [0.05, 0.1) is 17.3 Å². The zero-order valence-corrected chi connectivity index (χ0v) is 19.4. The molecule has 0 spiro atoms. The number of likely N-dealkylation sites (N-methyl/N-ethyl adjacent to an activating group) is 1. The van der Waals surface area contributed by atoms with Crippen LogP contribution in [0.4, 0.5) is 0 Å². The van der Waals surface area contributed by atoms with E-state index >= 15 is 0 Å². The highest BCUT2D eigenvalue weighted by molar-refractivity contribution is 6.07. The molecular weight excluding hydrogens is 384 g/mol. The average molecular weight is 417 g/mol. The van der Waals surface area contributed by atoms with E-state index in [1.54, 1.807) is 0 Å². The van der Waals surface area contributed by atoms with E-state index in [1.807, 2.05) is 39.0 Å². The lowest BCUT2D eigenvalue weighted by atomic mass is 9.93. The molecular formula is C27H32N2O2. The summed E-state index contributed by atoms with van der Waals surface area (Å²) >= 11 is 0. The van der Waals surface area contributed by atoms with E-state index in [0.717, 1.165) is 35.4 Å². The van der Waals surface area contributed by atoms with E-state index in [2.05, 4.69) is 66.9 Å². The van der Waals surface area contributed by atoms with Crippen molar-refractivity contribution in [3.05, 3.63) is 77.0 Å². The average Bonchev–Trinajstić information content (AvgIpc) is 3.18. The van der Waals surface area contributed by atoms with Crippen LogP contribution in [-0.4, -0.2) is 41.7 Å². The lowest BCUT2D eigenvalue weighted by Crippen LogP contribution is -2.26. The van der Waals surface area contributed by atoms with Crippen LogP contribution in [-0.2, 0) is 16.0 Å². The molecule has 4 nitrogen and oxygen atoms in total. The van der Waals surface area contributed by atoms with Crippen LogP contribution < -0.4 is 0 Å². The van der Waals surface area contributed by atoms with Crippen LogP contribution in [0, 0.1) is 0 Å². The van der Waals surface area contributed by atoms with Gasteiger partial charge in [-0.2, -0.15) is 0 Å². The van der Waals surface area contributed by atoms with Crippen LogP contribution >= 0.6 is 0 Å². The number of carbonyl (C=O) groups excluding carboxylic acids is 1. The molecule has 0 amide bonds. The first kappa shape index (κ1) is 21.4. The quantitative estimate of drug-likeness (QED) is 0.518. The van der Waals surface area contributed by atoms with Crippen molar-refractivity contribution in [2.45, 2.75) is 45.8 Å². The molecule has 1 aliphatic heterocycles. The minimum atomic E-state index is -0.543. The molecule has 1 unspecified atom stereocenters. The molecule has 1 aliphatic rings. The fraction of sp³-hybridized carbons (Fsp3) is 0.370. The largest absolute Gasteiger partial charge is 0.457 e. The number of ether oxygens (including phenoxy) is 1.